The molecule has 0 radical (unpaired) electrons. The van der Waals surface area contributed by atoms with E-state index >= 15 is 0 Å². The monoisotopic (exact) mass is 464 g/mol. The number of fused-ring (bicyclic) bond motifs is 1. The predicted octanol–water partition coefficient (Wildman–Crippen LogP) is 4.12. The van der Waals surface area contributed by atoms with Crippen LogP contribution in [0.3, 0.4) is 0 Å². The highest BCUT2D eigenvalue weighted by Gasteiger charge is 2.18. The van der Waals surface area contributed by atoms with Crippen molar-refractivity contribution in [3.8, 4) is 11.5 Å². The van der Waals surface area contributed by atoms with Crippen molar-refractivity contribution in [2.24, 2.45) is 0 Å². The highest BCUT2D eigenvalue weighted by atomic mass is 35.5. The third-order valence-electron chi connectivity index (χ3n) is 4.28. The molecule has 0 saturated carbocycles. The molecule has 0 unspecified atom stereocenters. The zero-order valence-electron chi connectivity index (χ0n) is 16.3. The first-order valence-electron chi connectivity index (χ1n) is 9.28. The van der Waals surface area contributed by atoms with Gasteiger partial charge in [0.15, 0.2) is 6.61 Å². The molecule has 0 saturated heterocycles. The van der Waals surface area contributed by atoms with Crippen molar-refractivity contribution in [1.82, 2.24) is 10.6 Å². The lowest BCUT2D eigenvalue weighted by Crippen LogP contribution is -2.32. The van der Waals surface area contributed by atoms with Gasteiger partial charge < -0.3 is 20.1 Å². The van der Waals surface area contributed by atoms with E-state index in [1.54, 1.807) is 24.3 Å². The van der Waals surface area contributed by atoms with Crippen molar-refractivity contribution in [1.29, 1.82) is 0 Å². The van der Waals surface area contributed by atoms with E-state index in [1.807, 2.05) is 0 Å². The van der Waals surface area contributed by atoms with Gasteiger partial charge in [0.2, 0.25) is 0 Å². The Balaban J connectivity index is 1.39. The number of carbonyl (C=O) groups excluding carboxylic acids is 2. The van der Waals surface area contributed by atoms with Crippen LogP contribution in [0.2, 0.25) is 10.0 Å². The number of halogens is 3. The summed E-state index contributed by atoms with van der Waals surface area (Å²) in [5.74, 6) is -0.537. The zero-order valence-corrected chi connectivity index (χ0v) is 17.9. The van der Waals surface area contributed by atoms with Gasteiger partial charge in [-0.15, -0.1) is 0 Å². The summed E-state index contributed by atoms with van der Waals surface area (Å²) in [4.78, 5) is 24.3. The number of benzene rings is 2. The van der Waals surface area contributed by atoms with Gasteiger partial charge >= 0.3 is 0 Å². The highest BCUT2D eigenvalue weighted by Crippen LogP contribution is 2.29. The van der Waals surface area contributed by atoms with Crippen LogP contribution in [0.5, 0.6) is 11.5 Å². The summed E-state index contributed by atoms with van der Waals surface area (Å²) in [6, 6.07) is 9.09. The fourth-order valence-electron chi connectivity index (χ4n) is 2.69. The third-order valence-corrected chi connectivity index (χ3v) is 4.82. The van der Waals surface area contributed by atoms with Crippen molar-refractivity contribution in [2.75, 3.05) is 19.8 Å². The summed E-state index contributed by atoms with van der Waals surface area (Å²) in [6.45, 7) is 3.88. The molecular formula is C22H19Cl2FN2O4. The Bertz CT molecular complexity index is 1060. The van der Waals surface area contributed by atoms with E-state index in [2.05, 4.69) is 17.2 Å². The Hall–Kier alpha value is -3.03. The van der Waals surface area contributed by atoms with Crippen LogP contribution in [0.1, 0.15) is 12.0 Å². The Labute approximate surface area is 188 Å². The molecule has 2 aromatic carbocycles. The molecule has 0 atom stereocenters. The van der Waals surface area contributed by atoms with Gasteiger partial charge in [0, 0.05) is 35.3 Å². The SMILES string of the molecule is C=C(CCNC(=O)COc1ccc(Cl)c(F)c1)NC(=O)C1=Cc2ccc(Cl)cc2OC1. The summed E-state index contributed by atoms with van der Waals surface area (Å²) in [5, 5.41) is 5.85. The van der Waals surface area contributed by atoms with Crippen molar-refractivity contribution in [3.05, 3.63) is 75.7 Å². The number of hydrogen-bond donors (Lipinski definition) is 2. The molecule has 6 nitrogen and oxygen atoms in total. The van der Waals surface area contributed by atoms with Gasteiger partial charge in [0.05, 0.1) is 10.6 Å². The van der Waals surface area contributed by atoms with E-state index < -0.39 is 11.7 Å². The molecule has 0 aliphatic carbocycles. The first-order chi connectivity index (χ1) is 14.8. The average Bonchev–Trinajstić information content (AvgIpc) is 2.74. The minimum atomic E-state index is -0.627. The van der Waals surface area contributed by atoms with Gasteiger partial charge in [-0.2, -0.15) is 0 Å². The summed E-state index contributed by atoms with van der Waals surface area (Å²) >= 11 is 11.5. The Morgan fingerprint density at radius 2 is 2.00 bits per heavy atom. The molecule has 3 rings (SSSR count). The lowest BCUT2D eigenvalue weighted by Gasteiger charge is -2.18. The van der Waals surface area contributed by atoms with Crippen molar-refractivity contribution in [2.45, 2.75) is 6.42 Å². The second-order valence-electron chi connectivity index (χ2n) is 6.66. The van der Waals surface area contributed by atoms with E-state index in [9.17, 15) is 14.0 Å². The van der Waals surface area contributed by atoms with Crippen LogP contribution in [-0.2, 0) is 9.59 Å². The first kappa shape index (κ1) is 22.7. The van der Waals surface area contributed by atoms with Gasteiger partial charge in [-0.25, -0.2) is 4.39 Å². The maximum Gasteiger partial charge on any atom is 0.257 e. The summed E-state index contributed by atoms with van der Waals surface area (Å²) < 4.78 is 24.1. The molecule has 0 aromatic heterocycles. The van der Waals surface area contributed by atoms with Crippen LogP contribution in [0.15, 0.2) is 54.2 Å². The van der Waals surface area contributed by atoms with Crippen LogP contribution in [0, 0.1) is 5.82 Å². The Kier molecular flexibility index (Phi) is 7.55. The normalized spacial score (nSPS) is 12.2. The molecule has 0 fully saturated rings. The molecular weight excluding hydrogens is 446 g/mol. The second-order valence-corrected chi connectivity index (χ2v) is 7.51. The van der Waals surface area contributed by atoms with Crippen molar-refractivity contribution < 1.29 is 23.5 Å². The number of ether oxygens (including phenoxy) is 2. The fraction of sp³-hybridized carbons (Fsp3) is 0.182. The second kappa shape index (κ2) is 10.3. The quantitative estimate of drug-likeness (QED) is 0.615. The van der Waals surface area contributed by atoms with Crippen LogP contribution >= 0.6 is 23.2 Å². The minimum Gasteiger partial charge on any atom is -0.488 e. The van der Waals surface area contributed by atoms with E-state index in [-0.39, 0.29) is 36.4 Å². The molecule has 9 heteroatoms. The largest absolute Gasteiger partial charge is 0.488 e. The number of carbonyl (C=O) groups is 2. The van der Waals surface area contributed by atoms with E-state index in [0.717, 1.165) is 11.6 Å². The minimum absolute atomic E-state index is 0.0264. The summed E-state index contributed by atoms with van der Waals surface area (Å²) in [5.41, 5.74) is 1.65. The molecule has 1 aliphatic rings. The van der Waals surface area contributed by atoms with E-state index in [4.69, 9.17) is 32.7 Å². The third kappa shape index (κ3) is 6.47. The molecule has 1 aliphatic heterocycles. The molecule has 31 heavy (non-hydrogen) atoms. The van der Waals surface area contributed by atoms with Gasteiger partial charge in [0.1, 0.15) is 23.9 Å². The first-order valence-corrected chi connectivity index (χ1v) is 10.0. The molecule has 162 valence electrons. The van der Waals surface area contributed by atoms with Gasteiger partial charge in [0.25, 0.3) is 11.8 Å². The number of nitrogens with one attached hydrogen (secondary N) is 2. The molecule has 2 N–H and O–H groups in total. The van der Waals surface area contributed by atoms with Crippen LogP contribution in [0.25, 0.3) is 6.08 Å². The van der Waals surface area contributed by atoms with Crippen LogP contribution in [0.4, 0.5) is 4.39 Å². The predicted molar refractivity (Wildman–Crippen MR) is 117 cm³/mol. The molecule has 0 bridgehead atoms. The molecule has 2 aromatic rings. The van der Waals surface area contributed by atoms with Crippen LogP contribution < -0.4 is 20.1 Å². The lowest BCUT2D eigenvalue weighted by atomic mass is 10.1. The maximum atomic E-state index is 13.3. The molecule has 2 amide bonds. The Morgan fingerprint density at radius 1 is 1.19 bits per heavy atom. The highest BCUT2D eigenvalue weighted by molar-refractivity contribution is 6.31. The molecule has 0 spiro atoms. The maximum absolute atomic E-state index is 13.3. The van der Waals surface area contributed by atoms with Gasteiger partial charge in [-0.1, -0.05) is 29.8 Å². The zero-order chi connectivity index (χ0) is 22.4. The van der Waals surface area contributed by atoms with E-state index in [0.29, 0.717) is 28.5 Å². The Morgan fingerprint density at radius 3 is 2.77 bits per heavy atom. The standard InChI is InChI=1S/C22H19Cl2FN2O4/c1-13(6-7-26-21(28)12-30-17-4-5-18(24)19(25)10-17)27-22(29)15-8-14-2-3-16(23)9-20(14)31-11-15/h2-5,8-10H,1,6-7,11-12H2,(H,26,28)(H,27,29). The number of amides is 2. The average molecular weight is 465 g/mol. The number of rotatable bonds is 8. The van der Waals surface area contributed by atoms with Gasteiger partial charge in [-0.3, -0.25) is 9.59 Å². The number of hydrogen-bond acceptors (Lipinski definition) is 4. The lowest BCUT2D eigenvalue weighted by molar-refractivity contribution is -0.123. The van der Waals surface area contributed by atoms with E-state index in [1.165, 1.54) is 12.1 Å². The summed E-state index contributed by atoms with van der Waals surface area (Å²) in [7, 11) is 0. The summed E-state index contributed by atoms with van der Waals surface area (Å²) in [6.07, 6.45) is 2.06. The van der Waals surface area contributed by atoms with Crippen molar-refractivity contribution >= 4 is 41.1 Å². The van der Waals surface area contributed by atoms with Crippen molar-refractivity contribution in [3.63, 3.8) is 0 Å². The topological polar surface area (TPSA) is 76.7 Å². The fourth-order valence-corrected chi connectivity index (χ4v) is 2.97. The smallest absolute Gasteiger partial charge is 0.257 e. The molecule has 1 heterocycles. The van der Waals surface area contributed by atoms with Gasteiger partial charge in [-0.05, 0) is 36.4 Å². The van der Waals surface area contributed by atoms with Crippen LogP contribution in [-0.4, -0.2) is 31.6 Å².